The molecule has 0 saturated heterocycles. The maximum Gasteiger partial charge on any atom is 0.343 e. The first-order valence-corrected chi connectivity index (χ1v) is 11.2. The molecule has 3 rings (SSSR count). The molecule has 0 aromatic heterocycles. The van der Waals surface area contributed by atoms with Crippen molar-refractivity contribution >= 4 is 41.3 Å². The van der Waals surface area contributed by atoms with Gasteiger partial charge in [0.2, 0.25) is 0 Å². The van der Waals surface area contributed by atoms with E-state index in [-0.39, 0.29) is 12.4 Å². The molecule has 1 N–H and O–H groups in total. The van der Waals surface area contributed by atoms with Crippen LogP contribution in [0.15, 0.2) is 65.8 Å². The number of nitrogens with zero attached hydrogens (tertiary/aromatic N) is 1. The van der Waals surface area contributed by atoms with Gasteiger partial charge in [0.1, 0.15) is 11.5 Å². The van der Waals surface area contributed by atoms with Gasteiger partial charge in [-0.3, -0.25) is 4.79 Å². The summed E-state index contributed by atoms with van der Waals surface area (Å²) in [4.78, 5) is 24.5. The standard InChI is InChI=1S/C25H22Cl2N2O6/c1-3-33-23-12-16(4-10-22(23)35-25(31)17-5-8-19(32-2)9-6-17)14-28-29-24(30)15-34-21-11-7-18(26)13-20(21)27/h4-14H,3,15H2,1-2H3,(H,29,30). The van der Waals surface area contributed by atoms with Gasteiger partial charge in [-0.15, -0.1) is 0 Å². The average molecular weight is 517 g/mol. The summed E-state index contributed by atoms with van der Waals surface area (Å²) in [6.07, 6.45) is 1.42. The summed E-state index contributed by atoms with van der Waals surface area (Å²) in [7, 11) is 1.54. The average Bonchev–Trinajstić information content (AvgIpc) is 2.85. The van der Waals surface area contributed by atoms with Crippen molar-refractivity contribution in [2.75, 3.05) is 20.3 Å². The molecule has 0 bridgehead atoms. The molecule has 3 aromatic rings. The van der Waals surface area contributed by atoms with Crippen LogP contribution in [0.3, 0.4) is 0 Å². The number of benzene rings is 3. The van der Waals surface area contributed by atoms with E-state index in [9.17, 15) is 9.59 Å². The summed E-state index contributed by atoms with van der Waals surface area (Å²) in [5, 5.41) is 4.67. The van der Waals surface area contributed by atoms with E-state index in [1.807, 2.05) is 6.92 Å². The highest BCUT2D eigenvalue weighted by atomic mass is 35.5. The van der Waals surface area contributed by atoms with Gasteiger partial charge in [0.05, 0.1) is 30.5 Å². The fourth-order valence-corrected chi connectivity index (χ4v) is 3.25. The fraction of sp³-hybridized carbons (Fsp3) is 0.160. The van der Waals surface area contributed by atoms with E-state index in [4.69, 9.17) is 42.1 Å². The van der Waals surface area contributed by atoms with E-state index < -0.39 is 11.9 Å². The third-order valence-electron chi connectivity index (χ3n) is 4.45. The first-order chi connectivity index (χ1) is 16.9. The number of hydrogen-bond acceptors (Lipinski definition) is 7. The largest absolute Gasteiger partial charge is 0.497 e. The molecule has 0 saturated carbocycles. The number of carbonyl (C=O) groups is 2. The van der Waals surface area contributed by atoms with Crippen LogP contribution >= 0.6 is 23.2 Å². The van der Waals surface area contributed by atoms with E-state index in [1.165, 1.54) is 12.3 Å². The zero-order valence-electron chi connectivity index (χ0n) is 18.9. The van der Waals surface area contributed by atoms with E-state index in [2.05, 4.69) is 10.5 Å². The minimum Gasteiger partial charge on any atom is -0.497 e. The number of amides is 1. The van der Waals surface area contributed by atoms with Crippen molar-refractivity contribution in [2.24, 2.45) is 5.10 Å². The van der Waals surface area contributed by atoms with Crippen molar-refractivity contribution in [3.8, 4) is 23.0 Å². The quantitative estimate of drug-likeness (QED) is 0.173. The molecule has 0 radical (unpaired) electrons. The molecule has 0 unspecified atom stereocenters. The van der Waals surface area contributed by atoms with Crippen LogP contribution in [0.2, 0.25) is 10.0 Å². The predicted molar refractivity (Wildman–Crippen MR) is 133 cm³/mol. The Morgan fingerprint density at radius 1 is 0.943 bits per heavy atom. The van der Waals surface area contributed by atoms with Crippen molar-refractivity contribution in [2.45, 2.75) is 6.92 Å². The van der Waals surface area contributed by atoms with Gasteiger partial charge in [-0.25, -0.2) is 10.2 Å². The molecular formula is C25H22Cl2N2O6. The van der Waals surface area contributed by atoms with Crippen LogP contribution in [0.25, 0.3) is 0 Å². The highest BCUT2D eigenvalue weighted by Gasteiger charge is 2.13. The molecule has 3 aromatic carbocycles. The Kier molecular flexibility index (Phi) is 9.34. The smallest absolute Gasteiger partial charge is 0.343 e. The fourth-order valence-electron chi connectivity index (χ4n) is 2.79. The van der Waals surface area contributed by atoms with Gasteiger partial charge in [0.15, 0.2) is 18.1 Å². The number of halogens is 2. The topological polar surface area (TPSA) is 95.5 Å². The Balaban J connectivity index is 1.59. The summed E-state index contributed by atoms with van der Waals surface area (Å²) in [5.74, 6) is 0.543. The Morgan fingerprint density at radius 3 is 2.37 bits per heavy atom. The molecule has 1 amide bonds. The number of hydrogen-bond donors (Lipinski definition) is 1. The van der Waals surface area contributed by atoms with E-state index in [0.717, 1.165) is 0 Å². The molecule has 0 aliphatic heterocycles. The van der Waals surface area contributed by atoms with Crippen molar-refractivity contribution in [1.29, 1.82) is 0 Å². The van der Waals surface area contributed by atoms with Crippen molar-refractivity contribution in [3.63, 3.8) is 0 Å². The predicted octanol–water partition coefficient (Wildman–Crippen LogP) is 5.15. The second kappa shape index (κ2) is 12.6. The summed E-state index contributed by atoms with van der Waals surface area (Å²) in [6.45, 7) is 1.88. The first kappa shape index (κ1) is 25.9. The lowest BCUT2D eigenvalue weighted by Gasteiger charge is -2.11. The molecule has 0 atom stereocenters. The highest BCUT2D eigenvalue weighted by molar-refractivity contribution is 6.35. The minimum atomic E-state index is -0.539. The summed E-state index contributed by atoms with van der Waals surface area (Å²) in [6, 6.07) is 16.1. The van der Waals surface area contributed by atoms with Crippen molar-refractivity contribution < 1.29 is 28.5 Å². The van der Waals surface area contributed by atoms with Crippen LogP contribution in [-0.2, 0) is 4.79 Å². The first-order valence-electron chi connectivity index (χ1n) is 10.4. The monoisotopic (exact) mass is 516 g/mol. The van der Waals surface area contributed by atoms with Gasteiger partial charge in [0, 0.05) is 5.02 Å². The van der Waals surface area contributed by atoms with Gasteiger partial charge < -0.3 is 18.9 Å². The number of nitrogens with one attached hydrogen (secondary N) is 1. The Morgan fingerprint density at radius 2 is 1.69 bits per heavy atom. The van der Waals surface area contributed by atoms with Gasteiger partial charge in [0.25, 0.3) is 5.91 Å². The lowest BCUT2D eigenvalue weighted by Crippen LogP contribution is -2.24. The van der Waals surface area contributed by atoms with Crippen LogP contribution in [0.1, 0.15) is 22.8 Å². The number of carbonyl (C=O) groups excluding carboxylic acids is 2. The summed E-state index contributed by atoms with van der Waals surface area (Å²) in [5.41, 5.74) is 3.34. The van der Waals surface area contributed by atoms with Gasteiger partial charge in [-0.05, 0) is 73.2 Å². The summed E-state index contributed by atoms with van der Waals surface area (Å²) < 4.78 is 21.5. The molecule has 0 heterocycles. The molecule has 0 spiro atoms. The number of hydrazone groups is 1. The lowest BCUT2D eigenvalue weighted by molar-refractivity contribution is -0.123. The zero-order valence-corrected chi connectivity index (χ0v) is 20.4. The molecule has 10 heteroatoms. The van der Waals surface area contributed by atoms with Gasteiger partial charge in [-0.1, -0.05) is 23.2 Å². The van der Waals surface area contributed by atoms with E-state index in [0.29, 0.717) is 45.0 Å². The molecule has 8 nitrogen and oxygen atoms in total. The van der Waals surface area contributed by atoms with Gasteiger partial charge in [-0.2, -0.15) is 5.10 Å². The zero-order chi connectivity index (χ0) is 25.2. The SMILES string of the molecule is CCOc1cc(C=NNC(=O)COc2ccc(Cl)cc2Cl)ccc1OC(=O)c1ccc(OC)cc1. The second-order valence-corrected chi connectivity index (χ2v) is 7.76. The Hall–Kier alpha value is -3.75. The highest BCUT2D eigenvalue weighted by Crippen LogP contribution is 2.29. The normalized spacial score (nSPS) is 10.6. The maximum absolute atomic E-state index is 12.5. The lowest BCUT2D eigenvalue weighted by atomic mass is 10.2. The number of rotatable bonds is 10. The molecule has 0 aliphatic rings. The Bertz CT molecular complexity index is 1220. The van der Waals surface area contributed by atoms with E-state index >= 15 is 0 Å². The van der Waals surface area contributed by atoms with Crippen molar-refractivity contribution in [1.82, 2.24) is 5.43 Å². The minimum absolute atomic E-state index is 0.252. The van der Waals surface area contributed by atoms with Crippen LogP contribution in [0, 0.1) is 0 Å². The molecular weight excluding hydrogens is 495 g/mol. The van der Waals surface area contributed by atoms with Gasteiger partial charge >= 0.3 is 5.97 Å². The van der Waals surface area contributed by atoms with Crippen LogP contribution < -0.4 is 24.4 Å². The van der Waals surface area contributed by atoms with E-state index in [1.54, 1.807) is 61.7 Å². The second-order valence-electron chi connectivity index (χ2n) is 6.91. The number of ether oxygens (including phenoxy) is 4. The third-order valence-corrected chi connectivity index (χ3v) is 4.98. The molecule has 182 valence electrons. The third kappa shape index (κ3) is 7.63. The molecule has 0 fully saturated rings. The van der Waals surface area contributed by atoms with Crippen LogP contribution in [0.4, 0.5) is 0 Å². The maximum atomic E-state index is 12.5. The molecule has 0 aliphatic carbocycles. The number of methoxy groups -OCH3 is 1. The molecule has 35 heavy (non-hydrogen) atoms. The van der Waals surface area contributed by atoms with Crippen molar-refractivity contribution in [3.05, 3.63) is 81.8 Å². The van der Waals surface area contributed by atoms with Crippen LogP contribution in [0.5, 0.6) is 23.0 Å². The number of esters is 1. The van der Waals surface area contributed by atoms with Crippen LogP contribution in [-0.4, -0.2) is 38.4 Å². The Labute approximate surface area is 212 Å². The summed E-state index contributed by atoms with van der Waals surface area (Å²) >= 11 is 11.8.